The first-order valence-corrected chi connectivity index (χ1v) is 7.46. The highest BCUT2D eigenvalue weighted by atomic mass is 32.1. The number of aromatic nitrogens is 2. The molecule has 0 atom stereocenters. The molecular weight excluding hydrogens is 275 g/mol. The van der Waals surface area contributed by atoms with Gasteiger partial charge in [-0.05, 0) is 37.2 Å². The Morgan fingerprint density at radius 3 is 2.55 bits per heavy atom. The van der Waals surface area contributed by atoms with E-state index in [1.807, 2.05) is 4.90 Å². The first-order chi connectivity index (χ1) is 9.61. The Labute approximate surface area is 122 Å². The van der Waals surface area contributed by atoms with E-state index in [0.29, 0.717) is 12.5 Å². The molecule has 6 heteroatoms. The van der Waals surface area contributed by atoms with Gasteiger partial charge in [0, 0.05) is 29.7 Å². The second-order valence-corrected chi connectivity index (χ2v) is 5.59. The number of hydrogen-bond donors (Lipinski definition) is 1. The molecule has 0 amide bonds. The van der Waals surface area contributed by atoms with Crippen molar-refractivity contribution in [3.63, 3.8) is 0 Å². The van der Waals surface area contributed by atoms with Gasteiger partial charge >= 0.3 is 0 Å². The van der Waals surface area contributed by atoms with Crippen molar-refractivity contribution in [2.45, 2.75) is 26.2 Å². The molecule has 4 nitrogen and oxygen atoms in total. The molecule has 0 unspecified atom stereocenters. The van der Waals surface area contributed by atoms with Crippen molar-refractivity contribution >= 4 is 22.4 Å². The van der Waals surface area contributed by atoms with Gasteiger partial charge in [-0.25, -0.2) is 9.37 Å². The zero-order valence-corrected chi connectivity index (χ0v) is 12.5. The van der Waals surface area contributed by atoms with Gasteiger partial charge in [0.15, 0.2) is 0 Å². The van der Waals surface area contributed by atoms with Crippen LogP contribution in [0.4, 0.5) is 15.2 Å². The Morgan fingerprint density at radius 1 is 1.30 bits per heavy atom. The fraction of sp³-hybridized carbons (Fsp3) is 0.429. The number of anilines is 2. The van der Waals surface area contributed by atoms with Crippen LogP contribution in [0.2, 0.25) is 0 Å². The summed E-state index contributed by atoms with van der Waals surface area (Å²) in [5.41, 5.74) is 6.50. The quantitative estimate of drug-likeness (QED) is 0.888. The minimum atomic E-state index is -0.243. The van der Waals surface area contributed by atoms with Crippen LogP contribution >= 0.6 is 11.5 Å². The maximum atomic E-state index is 13.1. The Bertz CT molecular complexity index is 538. The molecule has 1 heterocycles. The molecule has 2 aromatic rings. The van der Waals surface area contributed by atoms with Crippen molar-refractivity contribution in [1.29, 1.82) is 0 Å². The van der Waals surface area contributed by atoms with Gasteiger partial charge in [-0.15, -0.1) is 0 Å². The van der Waals surface area contributed by atoms with Crippen molar-refractivity contribution in [1.82, 2.24) is 9.36 Å². The summed E-state index contributed by atoms with van der Waals surface area (Å²) in [6, 6.07) is 6.41. The van der Waals surface area contributed by atoms with Crippen molar-refractivity contribution < 1.29 is 4.39 Å². The van der Waals surface area contributed by atoms with E-state index >= 15 is 0 Å². The van der Waals surface area contributed by atoms with Gasteiger partial charge in [-0.1, -0.05) is 13.8 Å². The van der Waals surface area contributed by atoms with E-state index in [4.69, 9.17) is 5.73 Å². The lowest BCUT2D eigenvalue weighted by molar-refractivity contribution is 0.627. The molecule has 1 aromatic carbocycles. The molecule has 0 saturated heterocycles. The summed E-state index contributed by atoms with van der Waals surface area (Å²) >= 11 is 1.37. The van der Waals surface area contributed by atoms with Gasteiger partial charge in [0.2, 0.25) is 5.13 Å². The molecule has 0 saturated carbocycles. The second-order valence-electron chi connectivity index (χ2n) is 4.86. The maximum Gasteiger partial charge on any atom is 0.209 e. The molecular formula is C14H19FN4S. The zero-order valence-electron chi connectivity index (χ0n) is 11.7. The third-order valence-electron chi connectivity index (χ3n) is 2.90. The normalized spacial score (nSPS) is 11.1. The summed E-state index contributed by atoms with van der Waals surface area (Å²) in [6.45, 7) is 5.48. The van der Waals surface area contributed by atoms with Crippen LogP contribution in [0.3, 0.4) is 0 Å². The molecule has 2 rings (SSSR count). The fourth-order valence-electron chi connectivity index (χ4n) is 1.78. The minimum absolute atomic E-state index is 0.243. The second kappa shape index (κ2) is 6.76. The van der Waals surface area contributed by atoms with Gasteiger partial charge < -0.3 is 10.6 Å². The topological polar surface area (TPSA) is 55.0 Å². The Balaban J connectivity index is 2.28. The lowest BCUT2D eigenvalue weighted by Gasteiger charge is -2.21. The molecule has 1 aromatic heterocycles. The van der Waals surface area contributed by atoms with Crippen LogP contribution in [-0.2, 0) is 0 Å². The highest BCUT2D eigenvalue weighted by Crippen LogP contribution is 2.28. The summed E-state index contributed by atoms with van der Waals surface area (Å²) in [5, 5.41) is 0.828. The van der Waals surface area contributed by atoms with Crippen LogP contribution in [0.1, 0.15) is 32.0 Å². The van der Waals surface area contributed by atoms with Crippen molar-refractivity contribution in [3.8, 4) is 0 Å². The minimum Gasteiger partial charge on any atom is -0.330 e. The lowest BCUT2D eigenvalue weighted by atomic mass is 10.2. The van der Waals surface area contributed by atoms with Crippen LogP contribution in [-0.4, -0.2) is 22.4 Å². The average molecular weight is 294 g/mol. The Morgan fingerprint density at radius 2 is 2.00 bits per heavy atom. The fourth-order valence-corrected chi connectivity index (χ4v) is 2.63. The van der Waals surface area contributed by atoms with Crippen molar-refractivity contribution in [2.24, 2.45) is 5.73 Å². The number of benzene rings is 1. The van der Waals surface area contributed by atoms with Crippen molar-refractivity contribution in [2.75, 3.05) is 18.0 Å². The highest BCUT2D eigenvalue weighted by Gasteiger charge is 2.15. The van der Waals surface area contributed by atoms with Gasteiger partial charge in [-0.2, -0.15) is 4.37 Å². The molecule has 0 aliphatic carbocycles. The highest BCUT2D eigenvalue weighted by molar-refractivity contribution is 7.09. The van der Waals surface area contributed by atoms with Gasteiger partial charge in [0.25, 0.3) is 0 Å². The summed E-state index contributed by atoms with van der Waals surface area (Å²) in [5.74, 6) is 0.891. The van der Waals surface area contributed by atoms with Crippen LogP contribution in [0.25, 0.3) is 0 Å². The predicted molar refractivity (Wildman–Crippen MR) is 81.1 cm³/mol. The first-order valence-electron chi connectivity index (χ1n) is 6.68. The number of rotatable bonds is 6. The molecule has 20 heavy (non-hydrogen) atoms. The molecule has 0 aliphatic rings. The summed E-state index contributed by atoms with van der Waals surface area (Å²) in [7, 11) is 0. The molecule has 0 bridgehead atoms. The molecule has 108 valence electrons. The number of hydrogen-bond acceptors (Lipinski definition) is 5. The average Bonchev–Trinajstić information content (AvgIpc) is 2.91. The van der Waals surface area contributed by atoms with Gasteiger partial charge in [-0.3, -0.25) is 0 Å². The van der Waals surface area contributed by atoms with E-state index in [9.17, 15) is 4.39 Å². The SMILES string of the molecule is CC(C)c1nsc(N(CCCN)c2ccc(F)cc2)n1. The summed E-state index contributed by atoms with van der Waals surface area (Å²) in [6.07, 6.45) is 0.841. The third-order valence-corrected chi connectivity index (χ3v) is 3.66. The zero-order chi connectivity index (χ0) is 14.5. The van der Waals surface area contributed by atoms with Crippen LogP contribution in [0.15, 0.2) is 24.3 Å². The Hall–Kier alpha value is -1.53. The van der Waals surface area contributed by atoms with E-state index in [2.05, 4.69) is 23.2 Å². The van der Waals surface area contributed by atoms with Crippen molar-refractivity contribution in [3.05, 3.63) is 35.9 Å². The summed E-state index contributed by atoms with van der Waals surface area (Å²) in [4.78, 5) is 6.60. The van der Waals surface area contributed by atoms with Gasteiger partial charge in [0.1, 0.15) is 11.6 Å². The number of nitrogens with zero attached hydrogens (tertiary/aromatic N) is 3. The van der Waals surface area contributed by atoms with Crippen LogP contribution < -0.4 is 10.6 Å². The third kappa shape index (κ3) is 3.52. The number of nitrogens with two attached hydrogens (primary N) is 1. The molecule has 2 N–H and O–H groups in total. The monoisotopic (exact) mass is 294 g/mol. The molecule has 0 radical (unpaired) electrons. The van der Waals surface area contributed by atoms with E-state index in [-0.39, 0.29) is 5.82 Å². The van der Waals surface area contributed by atoms with E-state index in [0.717, 1.165) is 29.6 Å². The lowest BCUT2D eigenvalue weighted by Crippen LogP contribution is -2.20. The smallest absolute Gasteiger partial charge is 0.209 e. The molecule has 0 fully saturated rings. The number of halogens is 1. The van der Waals surface area contributed by atoms with E-state index in [1.165, 1.54) is 23.7 Å². The van der Waals surface area contributed by atoms with Crippen LogP contribution in [0.5, 0.6) is 0 Å². The van der Waals surface area contributed by atoms with E-state index < -0.39 is 0 Å². The Kier molecular flexibility index (Phi) is 5.03. The molecule has 0 aliphatic heterocycles. The van der Waals surface area contributed by atoms with Gasteiger partial charge in [0.05, 0.1) is 0 Å². The standard InChI is InChI=1S/C14H19FN4S/c1-10(2)13-17-14(20-18-13)19(9-3-8-16)12-6-4-11(15)5-7-12/h4-7,10H,3,8-9,16H2,1-2H3. The van der Waals surface area contributed by atoms with Crippen LogP contribution in [0, 0.1) is 5.82 Å². The molecule has 0 spiro atoms. The maximum absolute atomic E-state index is 13.1. The first kappa shape index (κ1) is 14.9. The van der Waals surface area contributed by atoms with E-state index in [1.54, 1.807) is 12.1 Å². The summed E-state index contributed by atoms with van der Waals surface area (Å²) < 4.78 is 17.4. The predicted octanol–water partition coefficient (Wildman–Crippen LogP) is 3.29. The largest absolute Gasteiger partial charge is 0.330 e.